The van der Waals surface area contributed by atoms with Crippen molar-refractivity contribution in [3.63, 3.8) is 0 Å². The summed E-state index contributed by atoms with van der Waals surface area (Å²) in [5, 5.41) is 36.6. The molecule has 0 aromatic carbocycles. The van der Waals surface area contributed by atoms with E-state index in [4.69, 9.17) is 0 Å². The predicted octanol–water partition coefficient (Wildman–Crippen LogP) is 1.38. The normalized spacial score (nSPS) is 20.2. The summed E-state index contributed by atoms with van der Waals surface area (Å²) in [6, 6.07) is 3.73. The molecule has 1 fully saturated rings. The zero-order valence-corrected chi connectivity index (χ0v) is 16.1. The van der Waals surface area contributed by atoms with E-state index in [1.807, 2.05) is 6.92 Å². The number of hydrogen-bond acceptors (Lipinski definition) is 8. The monoisotopic (exact) mass is 399 g/mol. The number of aromatic nitrogens is 6. The van der Waals surface area contributed by atoms with Gasteiger partial charge >= 0.3 is 5.82 Å². The molecule has 0 unspecified atom stereocenters. The van der Waals surface area contributed by atoms with E-state index in [1.165, 1.54) is 15.3 Å². The maximum absolute atomic E-state index is 11.1. The number of aliphatic hydroxyl groups is 1. The zero-order valence-electron chi connectivity index (χ0n) is 16.1. The highest BCUT2D eigenvalue weighted by Crippen LogP contribution is 2.22. The fraction of sp³-hybridized carbons (Fsp3) is 0.471. The van der Waals surface area contributed by atoms with Crippen molar-refractivity contribution in [1.29, 1.82) is 0 Å². The topological polar surface area (TPSA) is 149 Å². The summed E-state index contributed by atoms with van der Waals surface area (Å²) in [5.74, 6) is 1.60. The Labute approximate surface area is 165 Å². The summed E-state index contributed by atoms with van der Waals surface area (Å²) < 4.78 is 2.80. The van der Waals surface area contributed by atoms with E-state index >= 15 is 0 Å². The number of amidine groups is 1. The van der Waals surface area contributed by atoms with Crippen molar-refractivity contribution in [1.82, 2.24) is 34.7 Å². The molecule has 1 aliphatic carbocycles. The van der Waals surface area contributed by atoms with Gasteiger partial charge in [0.2, 0.25) is 5.82 Å². The molecule has 0 bridgehead atoms. The van der Waals surface area contributed by atoms with E-state index < -0.39 is 4.92 Å². The molecule has 0 saturated heterocycles. The van der Waals surface area contributed by atoms with E-state index in [-0.39, 0.29) is 23.8 Å². The van der Waals surface area contributed by atoms with Crippen molar-refractivity contribution in [3.8, 4) is 11.6 Å². The van der Waals surface area contributed by atoms with Crippen LogP contribution >= 0.6 is 0 Å². The van der Waals surface area contributed by atoms with E-state index in [0.717, 1.165) is 31.5 Å². The molecule has 1 saturated carbocycles. The minimum atomic E-state index is -0.512. The van der Waals surface area contributed by atoms with Gasteiger partial charge in [-0.1, -0.05) is 0 Å². The number of aliphatic imine (C=N–C) groups is 1. The van der Waals surface area contributed by atoms with E-state index in [0.29, 0.717) is 17.3 Å². The van der Waals surface area contributed by atoms with Crippen molar-refractivity contribution in [2.45, 2.75) is 44.8 Å². The number of imidazole rings is 1. The molecule has 4 rings (SSSR count). The predicted molar refractivity (Wildman–Crippen MR) is 104 cm³/mol. The van der Waals surface area contributed by atoms with Crippen LogP contribution in [0, 0.1) is 10.1 Å². The van der Waals surface area contributed by atoms with Crippen molar-refractivity contribution in [3.05, 3.63) is 28.4 Å². The number of nitrogens with zero attached hydrogens (tertiary/aromatic N) is 8. The molecule has 0 amide bonds. The van der Waals surface area contributed by atoms with Gasteiger partial charge < -0.3 is 20.5 Å². The second-order valence-electron chi connectivity index (χ2n) is 7.09. The highest BCUT2D eigenvalue weighted by atomic mass is 16.6. The van der Waals surface area contributed by atoms with Gasteiger partial charge in [0, 0.05) is 6.04 Å². The van der Waals surface area contributed by atoms with E-state index in [1.54, 1.807) is 19.2 Å². The molecule has 12 heteroatoms. The molecule has 1 aliphatic rings. The first-order valence-electron chi connectivity index (χ1n) is 9.31. The first kappa shape index (κ1) is 18.9. The molecule has 152 valence electrons. The minimum absolute atomic E-state index is 0.149. The maximum Gasteiger partial charge on any atom is 0.343 e. The summed E-state index contributed by atoms with van der Waals surface area (Å²) in [6.07, 6.45) is 4.34. The van der Waals surface area contributed by atoms with Gasteiger partial charge in [0.1, 0.15) is 12.0 Å². The van der Waals surface area contributed by atoms with Crippen LogP contribution in [-0.4, -0.2) is 57.4 Å². The zero-order chi connectivity index (χ0) is 20.5. The Morgan fingerprint density at radius 2 is 2.03 bits per heavy atom. The van der Waals surface area contributed by atoms with Crippen LogP contribution in [0.1, 0.15) is 32.6 Å². The van der Waals surface area contributed by atoms with Crippen LogP contribution in [0.25, 0.3) is 17.3 Å². The summed E-state index contributed by atoms with van der Waals surface area (Å²) in [5.41, 5.74) is 0.483. The number of rotatable bonds is 4. The average Bonchev–Trinajstić information content (AvgIpc) is 3.26. The molecule has 0 atom stereocenters. The molecule has 2 N–H and O–H groups in total. The Kier molecular flexibility index (Phi) is 4.92. The van der Waals surface area contributed by atoms with Gasteiger partial charge in [-0.3, -0.25) is 0 Å². The smallest absolute Gasteiger partial charge is 0.343 e. The highest BCUT2D eigenvalue weighted by Gasteiger charge is 2.23. The third kappa shape index (κ3) is 3.78. The largest absolute Gasteiger partial charge is 0.393 e. The lowest BCUT2D eigenvalue weighted by Crippen LogP contribution is -2.37. The third-order valence-electron chi connectivity index (χ3n) is 4.99. The van der Waals surface area contributed by atoms with Crippen molar-refractivity contribution in [2.75, 3.05) is 0 Å². The SMILES string of the molecule is CC(=Nc1ccc2nnc(-c3ncc([N+](=O)[O-])n3C)n2n1)NC1CCC(O)CC1. The van der Waals surface area contributed by atoms with Gasteiger partial charge in [0.25, 0.3) is 5.82 Å². The molecule has 3 aromatic heterocycles. The van der Waals surface area contributed by atoms with Gasteiger partial charge in [-0.2, -0.15) is 4.52 Å². The molecular formula is C17H21N9O3. The van der Waals surface area contributed by atoms with Gasteiger partial charge in [-0.05, 0) is 49.7 Å². The van der Waals surface area contributed by atoms with Crippen molar-refractivity contribution < 1.29 is 10.0 Å². The lowest BCUT2D eigenvalue weighted by atomic mass is 9.93. The fourth-order valence-corrected chi connectivity index (χ4v) is 3.48. The van der Waals surface area contributed by atoms with Crippen molar-refractivity contribution in [2.24, 2.45) is 12.0 Å². The third-order valence-corrected chi connectivity index (χ3v) is 4.99. The summed E-state index contributed by atoms with van der Waals surface area (Å²) in [6.45, 7) is 1.87. The molecule has 12 nitrogen and oxygen atoms in total. The summed E-state index contributed by atoms with van der Waals surface area (Å²) >= 11 is 0. The maximum atomic E-state index is 11.1. The minimum Gasteiger partial charge on any atom is -0.393 e. The number of aliphatic hydroxyl groups excluding tert-OH is 1. The Balaban J connectivity index is 1.61. The molecule has 3 aromatic rings. The Morgan fingerprint density at radius 1 is 1.28 bits per heavy atom. The van der Waals surface area contributed by atoms with Gasteiger partial charge in [-0.15, -0.1) is 15.3 Å². The van der Waals surface area contributed by atoms with E-state index in [9.17, 15) is 15.2 Å². The van der Waals surface area contributed by atoms with E-state index in [2.05, 4.69) is 30.6 Å². The van der Waals surface area contributed by atoms with Gasteiger partial charge in [0.05, 0.1) is 13.2 Å². The first-order valence-corrected chi connectivity index (χ1v) is 9.31. The van der Waals surface area contributed by atoms with Crippen LogP contribution in [-0.2, 0) is 7.05 Å². The lowest BCUT2D eigenvalue weighted by molar-refractivity contribution is -0.391. The number of hydrogen-bond donors (Lipinski definition) is 2. The van der Waals surface area contributed by atoms with Crippen LogP contribution in [0.2, 0.25) is 0 Å². The average molecular weight is 399 g/mol. The number of nitro groups is 1. The second-order valence-corrected chi connectivity index (χ2v) is 7.09. The molecule has 0 aliphatic heterocycles. The van der Waals surface area contributed by atoms with Gasteiger partial charge in [0.15, 0.2) is 11.5 Å². The quantitative estimate of drug-likeness (QED) is 0.289. The Bertz CT molecular complexity index is 1080. The van der Waals surface area contributed by atoms with Crippen LogP contribution in [0.4, 0.5) is 11.6 Å². The van der Waals surface area contributed by atoms with Gasteiger partial charge in [-0.25, -0.2) is 14.5 Å². The molecule has 3 heterocycles. The van der Waals surface area contributed by atoms with Crippen LogP contribution in [0.3, 0.4) is 0 Å². The van der Waals surface area contributed by atoms with Crippen molar-refractivity contribution >= 4 is 23.1 Å². The Hall–Kier alpha value is -3.41. The second kappa shape index (κ2) is 7.54. The van der Waals surface area contributed by atoms with Crippen LogP contribution in [0.5, 0.6) is 0 Å². The molecule has 0 spiro atoms. The highest BCUT2D eigenvalue weighted by molar-refractivity contribution is 5.82. The standard InChI is InChI=1S/C17H21N9O3/c1-10(19-11-3-5-12(27)6-4-11)20-13-7-8-14-21-22-17(25(14)23-13)16-18-9-15(24(16)2)26(28)29/h7-9,11-12,27H,3-6H2,1-2H3,(H,19,20,23). The number of nitrogens with one attached hydrogen (secondary N) is 1. The summed E-state index contributed by atoms with van der Waals surface area (Å²) in [4.78, 5) is 19.2. The number of fused-ring (bicyclic) bond motifs is 1. The molecular weight excluding hydrogens is 378 g/mol. The Morgan fingerprint density at radius 3 is 2.72 bits per heavy atom. The van der Waals surface area contributed by atoms with Crippen LogP contribution in [0.15, 0.2) is 23.3 Å². The fourth-order valence-electron chi connectivity index (χ4n) is 3.48. The first-order chi connectivity index (χ1) is 13.9. The van der Waals surface area contributed by atoms with Crippen LogP contribution < -0.4 is 5.32 Å². The molecule has 0 radical (unpaired) electrons. The summed E-state index contributed by atoms with van der Waals surface area (Å²) in [7, 11) is 1.54. The molecule has 29 heavy (non-hydrogen) atoms. The lowest BCUT2D eigenvalue weighted by Gasteiger charge is -2.26.